The first-order valence-electron chi connectivity index (χ1n) is 4.95. The highest BCUT2D eigenvalue weighted by atomic mass is 32.1. The Hall–Kier alpha value is -0.970. The number of hydrogen-bond donors (Lipinski definition) is 1. The molecule has 0 amide bonds. The van der Waals surface area contributed by atoms with E-state index in [1.165, 1.54) is 24.4 Å². The fraction of sp³-hybridized carbons (Fsp3) is 0.667. The van der Waals surface area contributed by atoms with Crippen molar-refractivity contribution in [2.75, 3.05) is 30.3 Å². The molecule has 1 aliphatic heterocycles. The third-order valence-electron chi connectivity index (χ3n) is 2.34. The van der Waals surface area contributed by atoms with Gasteiger partial charge in [-0.3, -0.25) is 0 Å². The summed E-state index contributed by atoms with van der Waals surface area (Å²) >= 11 is 1.44. The largest absolute Gasteiger partial charge is 0.487 e. The van der Waals surface area contributed by atoms with Crippen molar-refractivity contribution in [1.82, 2.24) is 4.37 Å². The second-order valence-corrected chi connectivity index (χ2v) is 4.08. The molecule has 1 aliphatic rings. The van der Waals surface area contributed by atoms with Crippen LogP contribution in [0.5, 0.6) is 5.75 Å². The van der Waals surface area contributed by atoms with E-state index in [1.54, 1.807) is 0 Å². The monoisotopic (exact) mass is 213 g/mol. The van der Waals surface area contributed by atoms with Crippen LogP contribution in [-0.4, -0.2) is 24.1 Å². The van der Waals surface area contributed by atoms with E-state index in [0.717, 1.165) is 23.8 Å². The summed E-state index contributed by atoms with van der Waals surface area (Å²) in [6.45, 7) is 4.80. The van der Waals surface area contributed by atoms with Crippen LogP contribution < -0.4 is 15.4 Å². The lowest BCUT2D eigenvalue weighted by Crippen LogP contribution is -2.17. The van der Waals surface area contributed by atoms with Crippen molar-refractivity contribution in [3.63, 3.8) is 0 Å². The lowest BCUT2D eigenvalue weighted by molar-refractivity contribution is 0.343. The molecule has 1 saturated heterocycles. The molecule has 0 aromatic carbocycles. The minimum Gasteiger partial charge on any atom is -0.487 e. The van der Waals surface area contributed by atoms with Gasteiger partial charge in [-0.05, 0) is 31.3 Å². The molecule has 0 aliphatic carbocycles. The van der Waals surface area contributed by atoms with Crippen LogP contribution in [-0.2, 0) is 0 Å². The molecule has 14 heavy (non-hydrogen) atoms. The fourth-order valence-corrected chi connectivity index (χ4v) is 2.50. The van der Waals surface area contributed by atoms with Crippen LogP contribution in [0.2, 0.25) is 0 Å². The Morgan fingerprint density at radius 3 is 2.86 bits per heavy atom. The molecular weight excluding hydrogens is 198 g/mol. The second kappa shape index (κ2) is 4.04. The number of nitrogens with two attached hydrogens (primary N) is 1. The summed E-state index contributed by atoms with van der Waals surface area (Å²) < 4.78 is 9.63. The summed E-state index contributed by atoms with van der Waals surface area (Å²) in [4.78, 5) is 2.30. The molecule has 1 aromatic rings. The van der Waals surface area contributed by atoms with Crippen molar-refractivity contribution in [3.8, 4) is 5.75 Å². The van der Waals surface area contributed by atoms with Crippen molar-refractivity contribution in [2.24, 2.45) is 0 Å². The minimum absolute atomic E-state index is 0.527. The highest BCUT2D eigenvalue weighted by Crippen LogP contribution is 2.39. The number of anilines is 2. The van der Waals surface area contributed by atoms with Crippen molar-refractivity contribution in [1.29, 1.82) is 0 Å². The van der Waals surface area contributed by atoms with E-state index >= 15 is 0 Å². The minimum atomic E-state index is 0.527. The Morgan fingerprint density at radius 2 is 2.21 bits per heavy atom. The molecule has 0 saturated carbocycles. The Labute approximate surface area is 87.8 Å². The van der Waals surface area contributed by atoms with E-state index in [0.29, 0.717) is 12.4 Å². The van der Waals surface area contributed by atoms with Crippen LogP contribution in [0.25, 0.3) is 0 Å². The standard InChI is InChI=1S/C9H15N3OS/c1-2-13-7-8(10)11-14-9(7)12-5-3-4-6-12/h2-6H2,1H3,(H2,10,11). The molecule has 0 bridgehead atoms. The molecule has 4 nitrogen and oxygen atoms in total. The average Bonchev–Trinajstić information content (AvgIpc) is 2.77. The number of hydrogen-bond acceptors (Lipinski definition) is 5. The predicted octanol–water partition coefficient (Wildman–Crippen LogP) is 1.72. The van der Waals surface area contributed by atoms with Gasteiger partial charge in [-0.2, -0.15) is 4.37 Å². The zero-order valence-corrected chi connectivity index (χ0v) is 9.14. The second-order valence-electron chi connectivity index (χ2n) is 3.33. The zero-order chi connectivity index (χ0) is 9.97. The number of ether oxygens (including phenoxy) is 1. The van der Waals surface area contributed by atoms with E-state index in [4.69, 9.17) is 10.5 Å². The lowest BCUT2D eigenvalue weighted by atomic mass is 10.4. The van der Waals surface area contributed by atoms with E-state index in [9.17, 15) is 0 Å². The Kier molecular flexibility index (Phi) is 2.77. The van der Waals surface area contributed by atoms with Gasteiger partial charge in [0.25, 0.3) is 0 Å². The Balaban J connectivity index is 2.22. The highest BCUT2D eigenvalue weighted by Gasteiger charge is 2.21. The van der Waals surface area contributed by atoms with Crippen LogP contribution in [0.1, 0.15) is 19.8 Å². The molecule has 78 valence electrons. The van der Waals surface area contributed by atoms with Crippen LogP contribution in [0.4, 0.5) is 10.8 Å². The molecule has 0 unspecified atom stereocenters. The third kappa shape index (κ3) is 1.64. The molecular formula is C9H15N3OS. The SMILES string of the molecule is CCOc1c(N)nsc1N1CCCC1. The predicted molar refractivity (Wildman–Crippen MR) is 59.1 cm³/mol. The number of nitrogen functional groups attached to an aromatic ring is 1. The molecule has 1 aromatic heterocycles. The maximum absolute atomic E-state index is 5.74. The number of rotatable bonds is 3. The topological polar surface area (TPSA) is 51.4 Å². The van der Waals surface area contributed by atoms with E-state index in [2.05, 4.69) is 9.27 Å². The van der Waals surface area contributed by atoms with Crippen molar-refractivity contribution in [3.05, 3.63) is 0 Å². The summed E-state index contributed by atoms with van der Waals surface area (Å²) in [6.07, 6.45) is 2.51. The van der Waals surface area contributed by atoms with Gasteiger partial charge in [0.1, 0.15) is 0 Å². The molecule has 0 spiro atoms. The number of aromatic nitrogens is 1. The van der Waals surface area contributed by atoms with Gasteiger partial charge >= 0.3 is 0 Å². The van der Waals surface area contributed by atoms with Gasteiger partial charge in [0.05, 0.1) is 6.61 Å². The summed E-state index contributed by atoms with van der Waals surface area (Å²) in [5.41, 5.74) is 5.74. The van der Waals surface area contributed by atoms with Crippen molar-refractivity contribution < 1.29 is 4.74 Å². The fourth-order valence-electron chi connectivity index (χ4n) is 1.69. The van der Waals surface area contributed by atoms with Gasteiger partial charge in [-0.25, -0.2) is 0 Å². The average molecular weight is 213 g/mol. The molecule has 2 N–H and O–H groups in total. The van der Waals surface area contributed by atoms with Gasteiger partial charge in [0.15, 0.2) is 16.6 Å². The van der Waals surface area contributed by atoms with Gasteiger partial charge < -0.3 is 15.4 Å². The first-order chi connectivity index (χ1) is 6.83. The molecule has 2 rings (SSSR count). The first-order valence-corrected chi connectivity index (χ1v) is 5.73. The lowest BCUT2D eigenvalue weighted by Gasteiger charge is -2.16. The quantitative estimate of drug-likeness (QED) is 0.830. The van der Waals surface area contributed by atoms with Crippen LogP contribution in [0, 0.1) is 0 Å². The number of nitrogens with zero attached hydrogens (tertiary/aromatic N) is 2. The molecule has 0 atom stereocenters. The highest BCUT2D eigenvalue weighted by molar-refractivity contribution is 7.11. The maximum Gasteiger partial charge on any atom is 0.197 e. The van der Waals surface area contributed by atoms with Gasteiger partial charge in [-0.1, -0.05) is 0 Å². The summed E-state index contributed by atoms with van der Waals surface area (Å²) in [5.74, 6) is 1.30. The van der Waals surface area contributed by atoms with Gasteiger partial charge in [0, 0.05) is 13.1 Å². The first kappa shape index (κ1) is 9.58. The van der Waals surface area contributed by atoms with E-state index in [-0.39, 0.29) is 0 Å². The van der Waals surface area contributed by atoms with Crippen molar-refractivity contribution in [2.45, 2.75) is 19.8 Å². The smallest absolute Gasteiger partial charge is 0.197 e. The van der Waals surface area contributed by atoms with Gasteiger partial charge in [-0.15, -0.1) is 0 Å². The molecule has 0 radical (unpaired) electrons. The molecule has 5 heteroatoms. The molecule has 1 fully saturated rings. The van der Waals surface area contributed by atoms with Crippen LogP contribution in [0.3, 0.4) is 0 Å². The van der Waals surface area contributed by atoms with E-state index in [1.807, 2.05) is 6.92 Å². The van der Waals surface area contributed by atoms with Crippen LogP contribution in [0.15, 0.2) is 0 Å². The molecule has 2 heterocycles. The maximum atomic E-state index is 5.74. The Morgan fingerprint density at radius 1 is 1.50 bits per heavy atom. The van der Waals surface area contributed by atoms with Gasteiger partial charge in [0.2, 0.25) is 0 Å². The normalized spacial score (nSPS) is 16.2. The Bertz CT molecular complexity index is 307. The zero-order valence-electron chi connectivity index (χ0n) is 8.32. The summed E-state index contributed by atoms with van der Waals surface area (Å²) in [5, 5.41) is 1.10. The summed E-state index contributed by atoms with van der Waals surface area (Å²) in [6, 6.07) is 0. The summed E-state index contributed by atoms with van der Waals surface area (Å²) in [7, 11) is 0. The third-order valence-corrected chi connectivity index (χ3v) is 3.24. The van der Waals surface area contributed by atoms with Crippen LogP contribution >= 0.6 is 11.5 Å². The van der Waals surface area contributed by atoms with Crippen molar-refractivity contribution >= 4 is 22.4 Å². The van der Waals surface area contributed by atoms with E-state index < -0.39 is 0 Å².